The van der Waals surface area contributed by atoms with E-state index in [9.17, 15) is 9.90 Å². The normalized spacial score (nSPS) is 13.7. The second-order valence-electron chi connectivity index (χ2n) is 8.85. The molecule has 4 aromatic rings. The van der Waals surface area contributed by atoms with Crippen molar-refractivity contribution in [3.05, 3.63) is 77.3 Å². The van der Waals surface area contributed by atoms with Crippen molar-refractivity contribution < 1.29 is 14.3 Å². The quantitative estimate of drug-likeness (QED) is 0.293. The Morgan fingerprint density at radius 3 is 2.69 bits per heavy atom. The van der Waals surface area contributed by atoms with E-state index in [1.165, 1.54) is 0 Å². The smallest absolute Gasteiger partial charge is 0.253 e. The molecule has 3 heterocycles. The summed E-state index contributed by atoms with van der Waals surface area (Å²) in [6.45, 7) is 4.40. The fraction of sp³-hybridized carbons (Fsp3) is 0.269. The molecule has 0 spiro atoms. The summed E-state index contributed by atoms with van der Waals surface area (Å²) < 4.78 is 5.86. The number of hydrogen-bond donors (Lipinski definition) is 4. The molecule has 4 N–H and O–H groups in total. The molecule has 2 aromatic heterocycles. The Bertz CT molecular complexity index is 1370. The lowest BCUT2D eigenvalue weighted by Gasteiger charge is -2.20. The van der Waals surface area contributed by atoms with Gasteiger partial charge in [0.05, 0.1) is 18.2 Å². The van der Waals surface area contributed by atoms with E-state index in [1.807, 2.05) is 56.3 Å². The van der Waals surface area contributed by atoms with Crippen LogP contribution in [0.1, 0.15) is 53.2 Å². The molecule has 1 atom stereocenters. The molecule has 10 heteroatoms. The number of carbonyl (C=O) groups is 1. The highest BCUT2D eigenvalue weighted by Gasteiger charge is 2.21. The Morgan fingerprint density at radius 1 is 1.11 bits per heavy atom. The summed E-state index contributed by atoms with van der Waals surface area (Å²) in [6.07, 6.45) is 2.37. The van der Waals surface area contributed by atoms with E-state index in [4.69, 9.17) is 4.42 Å². The predicted molar refractivity (Wildman–Crippen MR) is 135 cm³/mol. The molecule has 2 aromatic carbocycles. The first-order valence-corrected chi connectivity index (χ1v) is 11.8. The Kier molecular flexibility index (Phi) is 6.59. The van der Waals surface area contributed by atoms with Gasteiger partial charge in [0.1, 0.15) is 5.82 Å². The zero-order valence-electron chi connectivity index (χ0n) is 20.0. The number of fused-ring (bicyclic) bond motifs is 1. The zero-order valence-corrected chi connectivity index (χ0v) is 20.0. The number of carbonyl (C=O) groups excluding carboxylic acids is 1. The molecule has 10 nitrogen and oxygen atoms in total. The van der Waals surface area contributed by atoms with Crippen LogP contribution in [0, 0.1) is 0 Å². The lowest BCUT2D eigenvalue weighted by atomic mass is 10.00. The van der Waals surface area contributed by atoms with Crippen molar-refractivity contribution in [3.63, 3.8) is 0 Å². The van der Waals surface area contributed by atoms with Crippen molar-refractivity contribution in [2.45, 2.75) is 32.2 Å². The average Bonchev–Trinajstić information content (AvgIpc) is 3.39. The van der Waals surface area contributed by atoms with Gasteiger partial charge in [-0.2, -0.15) is 4.98 Å². The number of nitrogens with zero attached hydrogens (tertiary/aromatic N) is 4. The minimum Gasteiger partial charge on any atom is -0.420 e. The van der Waals surface area contributed by atoms with Crippen LogP contribution in [-0.2, 0) is 6.42 Å². The molecule has 0 aliphatic carbocycles. The monoisotopic (exact) mass is 485 g/mol. The molecular weight excluding hydrogens is 458 g/mol. The third-order valence-corrected chi connectivity index (χ3v) is 5.94. The topological polar surface area (TPSA) is 138 Å². The van der Waals surface area contributed by atoms with E-state index in [1.54, 1.807) is 12.3 Å². The van der Waals surface area contributed by atoms with E-state index in [-0.39, 0.29) is 24.3 Å². The van der Waals surface area contributed by atoms with Crippen molar-refractivity contribution in [3.8, 4) is 11.5 Å². The first-order chi connectivity index (χ1) is 17.5. The predicted octanol–water partition coefficient (Wildman–Crippen LogP) is 3.83. The Morgan fingerprint density at radius 2 is 1.94 bits per heavy atom. The third-order valence-electron chi connectivity index (χ3n) is 5.94. The Balaban J connectivity index is 1.49. The van der Waals surface area contributed by atoms with Crippen molar-refractivity contribution in [1.82, 2.24) is 25.5 Å². The molecule has 0 saturated heterocycles. The highest BCUT2D eigenvalue weighted by Crippen LogP contribution is 2.31. The van der Waals surface area contributed by atoms with Crippen LogP contribution in [0.3, 0.4) is 0 Å². The number of rotatable bonds is 8. The first-order valence-electron chi connectivity index (χ1n) is 11.8. The van der Waals surface area contributed by atoms with Crippen molar-refractivity contribution in [2.24, 2.45) is 0 Å². The van der Waals surface area contributed by atoms with Gasteiger partial charge >= 0.3 is 0 Å². The number of aromatic nitrogens is 4. The molecule has 0 radical (unpaired) electrons. The fourth-order valence-electron chi connectivity index (χ4n) is 4.00. The number of aliphatic hydroxyl groups is 1. The fourth-order valence-corrected chi connectivity index (χ4v) is 4.00. The van der Waals surface area contributed by atoms with E-state index in [0.717, 1.165) is 23.2 Å². The van der Waals surface area contributed by atoms with E-state index < -0.39 is 6.04 Å². The summed E-state index contributed by atoms with van der Waals surface area (Å²) in [5, 5.41) is 27.8. The summed E-state index contributed by atoms with van der Waals surface area (Å²) in [4.78, 5) is 21.2. The van der Waals surface area contributed by atoms with Crippen LogP contribution in [-0.4, -0.2) is 44.3 Å². The molecular formula is C26H27N7O3. The van der Waals surface area contributed by atoms with Crippen molar-refractivity contribution >= 4 is 23.4 Å². The maximum absolute atomic E-state index is 12.1. The summed E-state index contributed by atoms with van der Waals surface area (Å²) in [6, 6.07) is 14.7. The highest BCUT2D eigenvalue weighted by molar-refractivity contribution is 5.97. The van der Waals surface area contributed by atoms with Gasteiger partial charge in [-0.05, 0) is 35.7 Å². The maximum atomic E-state index is 12.1. The average molecular weight is 486 g/mol. The molecule has 0 fully saturated rings. The second kappa shape index (κ2) is 10.1. The molecule has 0 unspecified atom stereocenters. The summed E-state index contributed by atoms with van der Waals surface area (Å²) in [5.41, 5.74) is 3.84. The lowest BCUT2D eigenvalue weighted by molar-refractivity contribution is 0.0946. The molecule has 1 aliphatic rings. The van der Waals surface area contributed by atoms with Gasteiger partial charge in [0.15, 0.2) is 0 Å². The second-order valence-corrected chi connectivity index (χ2v) is 8.85. The lowest BCUT2D eigenvalue weighted by Crippen LogP contribution is -2.31. The summed E-state index contributed by atoms with van der Waals surface area (Å²) >= 11 is 0. The zero-order chi connectivity index (χ0) is 25.1. The summed E-state index contributed by atoms with van der Waals surface area (Å²) in [7, 11) is 0. The van der Waals surface area contributed by atoms with Gasteiger partial charge in [-0.1, -0.05) is 44.2 Å². The van der Waals surface area contributed by atoms with Gasteiger partial charge in [0, 0.05) is 29.9 Å². The van der Waals surface area contributed by atoms with Crippen LogP contribution in [0.5, 0.6) is 0 Å². The van der Waals surface area contributed by atoms with Gasteiger partial charge in [-0.15, -0.1) is 10.2 Å². The number of nitrogens with one attached hydrogen (secondary N) is 3. The molecule has 5 rings (SSSR count). The maximum Gasteiger partial charge on any atom is 0.253 e. The number of benzene rings is 2. The van der Waals surface area contributed by atoms with Crippen molar-refractivity contribution in [2.75, 3.05) is 23.8 Å². The molecule has 36 heavy (non-hydrogen) atoms. The van der Waals surface area contributed by atoms with Gasteiger partial charge in [0.2, 0.25) is 11.8 Å². The Labute approximate surface area is 208 Å². The van der Waals surface area contributed by atoms with Gasteiger partial charge in [0.25, 0.3) is 11.8 Å². The van der Waals surface area contributed by atoms with Crippen LogP contribution in [0.4, 0.5) is 17.5 Å². The third kappa shape index (κ3) is 4.89. The Hall–Kier alpha value is -4.31. The van der Waals surface area contributed by atoms with Crippen LogP contribution < -0.4 is 16.0 Å². The van der Waals surface area contributed by atoms with E-state index in [2.05, 4.69) is 36.1 Å². The minimum atomic E-state index is -0.414. The summed E-state index contributed by atoms with van der Waals surface area (Å²) in [5.74, 6) is 1.59. The number of hydrogen-bond acceptors (Lipinski definition) is 9. The van der Waals surface area contributed by atoms with E-state index in [0.29, 0.717) is 35.3 Å². The number of anilines is 3. The van der Waals surface area contributed by atoms with Crippen molar-refractivity contribution in [1.29, 1.82) is 0 Å². The standard InChI is InChI=1S/C26H27N7O3/c1-15(2)24-32-33-25(36-24)20-13-28-26(29-18-8-9-19-17(12-18)10-11-27-23(19)35)31-22(20)30-21(14-34)16-6-4-3-5-7-16/h3-9,12-13,15,21,34H,10-11,14H2,1-2H3,(H,27,35)(H2,28,29,30,31)/t21-/m1/s1. The van der Waals surface area contributed by atoms with Crippen LogP contribution in [0.15, 0.2) is 59.1 Å². The van der Waals surface area contributed by atoms with E-state index >= 15 is 0 Å². The first kappa shape index (κ1) is 23.4. The molecule has 1 aliphatic heterocycles. The van der Waals surface area contributed by atoms with Gasteiger partial charge in [-0.25, -0.2) is 4.98 Å². The number of amides is 1. The molecule has 1 amide bonds. The molecule has 0 bridgehead atoms. The minimum absolute atomic E-state index is 0.0637. The van der Waals surface area contributed by atoms with Crippen LogP contribution in [0.2, 0.25) is 0 Å². The highest BCUT2D eigenvalue weighted by atomic mass is 16.4. The van der Waals surface area contributed by atoms with Crippen LogP contribution in [0.25, 0.3) is 11.5 Å². The van der Waals surface area contributed by atoms with Gasteiger partial charge in [-0.3, -0.25) is 4.79 Å². The van der Waals surface area contributed by atoms with Crippen LogP contribution >= 0.6 is 0 Å². The largest absolute Gasteiger partial charge is 0.420 e. The SMILES string of the molecule is CC(C)c1nnc(-c2cnc(Nc3ccc4c(c3)CCNC4=O)nc2N[C@H](CO)c2ccccc2)o1. The van der Waals surface area contributed by atoms with Gasteiger partial charge < -0.3 is 25.5 Å². The number of aliphatic hydroxyl groups excluding tert-OH is 1. The molecule has 0 saturated carbocycles. The molecule has 184 valence electrons.